The third-order valence-corrected chi connectivity index (χ3v) is 5.60. The molecule has 0 aliphatic heterocycles. The summed E-state index contributed by atoms with van der Waals surface area (Å²) in [4.78, 5) is 0.240. The molecule has 0 N–H and O–H groups in total. The van der Waals surface area contributed by atoms with Crippen LogP contribution in [0.2, 0.25) is 0 Å². The van der Waals surface area contributed by atoms with E-state index in [1.807, 2.05) is 42.5 Å². The van der Waals surface area contributed by atoms with Crippen LogP contribution in [0, 0.1) is 0 Å². The average Bonchev–Trinajstić information content (AvgIpc) is 2.64. The first kappa shape index (κ1) is 19.7. The van der Waals surface area contributed by atoms with Crippen LogP contribution >= 0.6 is 0 Å². The fourth-order valence-corrected chi connectivity index (χ4v) is 4.00. The Morgan fingerprint density at radius 1 is 0.760 bits per heavy atom. The van der Waals surface area contributed by atoms with Crippen molar-refractivity contribution in [2.45, 2.75) is 56.8 Å². The minimum Gasteiger partial charge on any atom is -0.266 e. The Kier molecular flexibility index (Phi) is 8.16. The maximum Gasteiger partial charge on any atom is 0.297 e. The molecule has 4 heteroatoms. The van der Waals surface area contributed by atoms with Gasteiger partial charge in [-0.3, -0.25) is 4.18 Å². The summed E-state index contributed by atoms with van der Waals surface area (Å²) in [6.07, 6.45) is 7.93. The molecule has 0 atom stereocenters. The lowest BCUT2D eigenvalue weighted by atomic mass is 10.1. The van der Waals surface area contributed by atoms with Crippen molar-refractivity contribution >= 4 is 10.1 Å². The monoisotopic (exact) mass is 360 g/mol. The standard InChI is InChI=1S/C21H28O3S/c1-2-3-4-5-6-7-13-18-24-25(22,23)21-17-12-11-16-20(21)19-14-9-8-10-15-19/h8-12,14-17H,2-7,13,18H2,1H3. The van der Waals surface area contributed by atoms with Crippen molar-refractivity contribution in [3.05, 3.63) is 54.6 Å². The van der Waals surface area contributed by atoms with Gasteiger partial charge in [0.05, 0.1) is 6.61 Å². The van der Waals surface area contributed by atoms with E-state index in [2.05, 4.69) is 6.92 Å². The quantitative estimate of drug-likeness (QED) is 0.375. The lowest BCUT2D eigenvalue weighted by Crippen LogP contribution is -2.09. The van der Waals surface area contributed by atoms with Crippen LogP contribution in [0.15, 0.2) is 59.5 Å². The summed E-state index contributed by atoms with van der Waals surface area (Å²) in [5, 5.41) is 0. The van der Waals surface area contributed by atoms with Gasteiger partial charge in [0.15, 0.2) is 0 Å². The molecule has 0 radical (unpaired) electrons. The maximum atomic E-state index is 12.6. The summed E-state index contributed by atoms with van der Waals surface area (Å²) in [6, 6.07) is 16.5. The SMILES string of the molecule is CCCCCCCCCOS(=O)(=O)c1ccccc1-c1ccccc1. The van der Waals surface area contributed by atoms with Crippen molar-refractivity contribution in [2.24, 2.45) is 0 Å². The van der Waals surface area contributed by atoms with E-state index in [4.69, 9.17) is 4.18 Å². The molecule has 2 rings (SSSR count). The highest BCUT2D eigenvalue weighted by Gasteiger charge is 2.19. The predicted octanol–water partition coefficient (Wildman–Crippen LogP) is 5.81. The van der Waals surface area contributed by atoms with Crippen LogP contribution < -0.4 is 0 Å². The van der Waals surface area contributed by atoms with Crippen molar-refractivity contribution in [3.63, 3.8) is 0 Å². The second kappa shape index (κ2) is 10.4. The molecular weight excluding hydrogens is 332 g/mol. The number of unbranched alkanes of at least 4 members (excludes halogenated alkanes) is 6. The van der Waals surface area contributed by atoms with E-state index in [9.17, 15) is 8.42 Å². The Bertz CT molecular complexity index is 724. The second-order valence-corrected chi connectivity index (χ2v) is 7.84. The molecule has 0 saturated heterocycles. The van der Waals surface area contributed by atoms with Crippen molar-refractivity contribution < 1.29 is 12.6 Å². The van der Waals surface area contributed by atoms with Gasteiger partial charge >= 0.3 is 0 Å². The van der Waals surface area contributed by atoms with Gasteiger partial charge < -0.3 is 0 Å². The van der Waals surface area contributed by atoms with Gasteiger partial charge in [-0.25, -0.2) is 0 Å². The number of benzene rings is 2. The third-order valence-electron chi connectivity index (χ3n) is 4.23. The lowest BCUT2D eigenvalue weighted by molar-refractivity contribution is 0.306. The van der Waals surface area contributed by atoms with Crippen LogP contribution in [0.3, 0.4) is 0 Å². The Morgan fingerprint density at radius 2 is 1.36 bits per heavy atom. The molecule has 0 heterocycles. The normalized spacial score (nSPS) is 11.6. The van der Waals surface area contributed by atoms with E-state index < -0.39 is 10.1 Å². The lowest BCUT2D eigenvalue weighted by Gasteiger charge is -2.11. The molecule has 0 aliphatic carbocycles. The van der Waals surface area contributed by atoms with E-state index in [-0.39, 0.29) is 11.5 Å². The number of hydrogen-bond acceptors (Lipinski definition) is 3. The van der Waals surface area contributed by atoms with Crippen LogP contribution in [-0.4, -0.2) is 15.0 Å². The molecule has 136 valence electrons. The smallest absolute Gasteiger partial charge is 0.266 e. The molecule has 0 amide bonds. The third kappa shape index (κ3) is 6.29. The first-order valence-electron chi connectivity index (χ1n) is 9.19. The van der Waals surface area contributed by atoms with Crippen molar-refractivity contribution in [1.82, 2.24) is 0 Å². The zero-order chi connectivity index (χ0) is 18.0. The molecular formula is C21H28O3S. The molecule has 0 aromatic heterocycles. The highest BCUT2D eigenvalue weighted by molar-refractivity contribution is 7.87. The summed E-state index contributed by atoms with van der Waals surface area (Å²) in [5.74, 6) is 0. The highest BCUT2D eigenvalue weighted by atomic mass is 32.2. The Balaban J connectivity index is 1.92. The van der Waals surface area contributed by atoms with Gasteiger partial charge in [-0.15, -0.1) is 0 Å². The van der Waals surface area contributed by atoms with Crippen LogP contribution in [0.4, 0.5) is 0 Å². The van der Waals surface area contributed by atoms with Gasteiger partial charge in [0.2, 0.25) is 0 Å². The molecule has 0 spiro atoms. The maximum absolute atomic E-state index is 12.6. The van der Waals surface area contributed by atoms with Gasteiger partial charge in [0.25, 0.3) is 10.1 Å². The van der Waals surface area contributed by atoms with Crippen molar-refractivity contribution in [1.29, 1.82) is 0 Å². The zero-order valence-electron chi connectivity index (χ0n) is 15.0. The van der Waals surface area contributed by atoms with E-state index in [0.29, 0.717) is 5.56 Å². The molecule has 3 nitrogen and oxygen atoms in total. The fraction of sp³-hybridized carbons (Fsp3) is 0.429. The van der Waals surface area contributed by atoms with Crippen LogP contribution in [-0.2, 0) is 14.3 Å². The van der Waals surface area contributed by atoms with E-state index in [1.165, 1.54) is 25.7 Å². The first-order valence-corrected chi connectivity index (χ1v) is 10.6. The summed E-state index contributed by atoms with van der Waals surface area (Å²) < 4.78 is 30.4. The van der Waals surface area contributed by atoms with Gasteiger partial charge in [0.1, 0.15) is 4.90 Å². The summed E-state index contributed by atoms with van der Waals surface area (Å²) in [7, 11) is -3.74. The Hall–Kier alpha value is -1.65. The highest BCUT2D eigenvalue weighted by Crippen LogP contribution is 2.28. The van der Waals surface area contributed by atoms with Crippen LogP contribution in [0.1, 0.15) is 51.9 Å². The minimum atomic E-state index is -3.74. The zero-order valence-corrected chi connectivity index (χ0v) is 15.8. The van der Waals surface area contributed by atoms with E-state index in [0.717, 1.165) is 24.8 Å². The Labute approximate surface area is 152 Å². The summed E-state index contributed by atoms with van der Waals surface area (Å²) >= 11 is 0. The molecule has 0 unspecified atom stereocenters. The van der Waals surface area contributed by atoms with Gasteiger partial charge in [0, 0.05) is 5.56 Å². The van der Waals surface area contributed by atoms with Crippen molar-refractivity contribution in [3.8, 4) is 11.1 Å². The number of hydrogen-bond donors (Lipinski definition) is 0. The fourth-order valence-electron chi connectivity index (χ4n) is 2.83. The summed E-state index contributed by atoms with van der Waals surface area (Å²) in [6.45, 7) is 2.45. The van der Waals surface area contributed by atoms with Gasteiger partial charge in [-0.1, -0.05) is 94.0 Å². The molecule has 0 bridgehead atoms. The largest absolute Gasteiger partial charge is 0.297 e. The number of rotatable bonds is 11. The topological polar surface area (TPSA) is 43.4 Å². The second-order valence-electron chi connectivity index (χ2n) is 6.26. The molecule has 2 aromatic rings. The van der Waals surface area contributed by atoms with Gasteiger partial charge in [-0.05, 0) is 18.1 Å². The predicted molar refractivity (Wildman–Crippen MR) is 103 cm³/mol. The van der Waals surface area contributed by atoms with E-state index >= 15 is 0 Å². The van der Waals surface area contributed by atoms with Crippen LogP contribution in [0.5, 0.6) is 0 Å². The molecule has 0 fully saturated rings. The van der Waals surface area contributed by atoms with Gasteiger partial charge in [-0.2, -0.15) is 8.42 Å². The Morgan fingerprint density at radius 3 is 2.08 bits per heavy atom. The van der Waals surface area contributed by atoms with E-state index in [1.54, 1.807) is 12.1 Å². The van der Waals surface area contributed by atoms with Crippen molar-refractivity contribution in [2.75, 3.05) is 6.61 Å². The molecule has 0 saturated carbocycles. The van der Waals surface area contributed by atoms with Crippen LogP contribution in [0.25, 0.3) is 11.1 Å². The minimum absolute atomic E-state index is 0.240. The molecule has 2 aromatic carbocycles. The first-order chi connectivity index (χ1) is 12.1. The average molecular weight is 361 g/mol. The molecule has 25 heavy (non-hydrogen) atoms. The molecule has 0 aliphatic rings. The summed E-state index contributed by atoms with van der Waals surface area (Å²) in [5.41, 5.74) is 1.56.